The highest BCUT2D eigenvalue weighted by Gasteiger charge is 2.05. The predicted molar refractivity (Wildman–Crippen MR) is 71.0 cm³/mol. The SMILES string of the molecule is Oc1nc(Cl)c(Br)cc1C#Cc1ccc(F)cc1. The molecule has 1 N–H and O–H groups in total. The number of hydrogen-bond acceptors (Lipinski definition) is 2. The van der Waals surface area contributed by atoms with Crippen molar-refractivity contribution in [3.05, 3.63) is 56.9 Å². The quantitative estimate of drug-likeness (QED) is 0.591. The molecule has 2 rings (SSSR count). The number of nitrogens with zero attached hydrogens (tertiary/aromatic N) is 1. The van der Waals surface area contributed by atoms with Crippen LogP contribution in [0, 0.1) is 17.7 Å². The summed E-state index contributed by atoms with van der Waals surface area (Å²) in [7, 11) is 0. The first kappa shape index (κ1) is 12.9. The summed E-state index contributed by atoms with van der Waals surface area (Å²) in [6, 6.07) is 7.32. The van der Waals surface area contributed by atoms with E-state index < -0.39 is 0 Å². The molecule has 1 heterocycles. The lowest BCUT2D eigenvalue weighted by molar-refractivity contribution is 0.451. The maximum Gasteiger partial charge on any atom is 0.228 e. The van der Waals surface area contributed by atoms with E-state index in [1.165, 1.54) is 12.1 Å². The molecule has 0 radical (unpaired) electrons. The first-order valence-electron chi connectivity index (χ1n) is 4.89. The van der Waals surface area contributed by atoms with Crippen molar-refractivity contribution >= 4 is 27.5 Å². The number of benzene rings is 1. The van der Waals surface area contributed by atoms with Crippen molar-refractivity contribution < 1.29 is 9.50 Å². The van der Waals surface area contributed by atoms with Crippen LogP contribution in [0.3, 0.4) is 0 Å². The molecule has 2 aromatic rings. The molecule has 18 heavy (non-hydrogen) atoms. The molecule has 0 spiro atoms. The lowest BCUT2D eigenvalue weighted by atomic mass is 10.2. The third-order valence-corrected chi connectivity index (χ3v) is 3.22. The van der Waals surface area contributed by atoms with Gasteiger partial charge in [-0.3, -0.25) is 0 Å². The van der Waals surface area contributed by atoms with E-state index >= 15 is 0 Å². The van der Waals surface area contributed by atoms with Crippen LogP contribution < -0.4 is 0 Å². The van der Waals surface area contributed by atoms with Crippen molar-refractivity contribution in [3.8, 4) is 17.7 Å². The van der Waals surface area contributed by atoms with Crippen LogP contribution in [0.5, 0.6) is 5.88 Å². The Bertz CT molecular complexity index is 647. The fourth-order valence-corrected chi connectivity index (χ4v) is 1.67. The van der Waals surface area contributed by atoms with Gasteiger partial charge >= 0.3 is 0 Å². The van der Waals surface area contributed by atoms with Gasteiger partial charge in [-0.15, -0.1) is 0 Å². The van der Waals surface area contributed by atoms with Gasteiger partial charge in [-0.05, 0) is 46.3 Å². The van der Waals surface area contributed by atoms with Gasteiger partial charge in [-0.1, -0.05) is 23.4 Å². The summed E-state index contributed by atoms with van der Waals surface area (Å²) in [6.45, 7) is 0. The smallest absolute Gasteiger partial charge is 0.228 e. The molecular formula is C13H6BrClFNO. The van der Waals surface area contributed by atoms with Gasteiger partial charge in [0.05, 0.1) is 10.0 Å². The Morgan fingerprint density at radius 2 is 1.89 bits per heavy atom. The summed E-state index contributed by atoms with van der Waals surface area (Å²) >= 11 is 8.91. The summed E-state index contributed by atoms with van der Waals surface area (Å²) in [5, 5.41) is 9.73. The summed E-state index contributed by atoms with van der Waals surface area (Å²) < 4.78 is 13.2. The molecule has 2 nitrogen and oxygen atoms in total. The van der Waals surface area contributed by atoms with Gasteiger partial charge in [-0.25, -0.2) is 4.39 Å². The summed E-state index contributed by atoms with van der Waals surface area (Å²) in [6.07, 6.45) is 0. The van der Waals surface area contributed by atoms with Crippen LogP contribution in [-0.4, -0.2) is 10.1 Å². The summed E-state index contributed by atoms with van der Waals surface area (Å²) in [5.74, 6) is 4.98. The molecule has 0 atom stereocenters. The number of aromatic hydroxyl groups is 1. The number of halogens is 3. The first-order valence-corrected chi connectivity index (χ1v) is 6.06. The van der Waals surface area contributed by atoms with Gasteiger partial charge in [-0.2, -0.15) is 4.98 Å². The van der Waals surface area contributed by atoms with E-state index in [2.05, 4.69) is 32.8 Å². The molecule has 5 heteroatoms. The Morgan fingerprint density at radius 1 is 1.22 bits per heavy atom. The third-order valence-electron chi connectivity index (χ3n) is 2.10. The average molecular weight is 327 g/mol. The normalized spacial score (nSPS) is 9.72. The van der Waals surface area contributed by atoms with Crippen molar-refractivity contribution in [2.45, 2.75) is 0 Å². The van der Waals surface area contributed by atoms with Crippen LogP contribution in [0.2, 0.25) is 5.15 Å². The van der Waals surface area contributed by atoms with E-state index in [4.69, 9.17) is 11.6 Å². The monoisotopic (exact) mass is 325 g/mol. The number of pyridine rings is 1. The lowest BCUT2D eigenvalue weighted by Gasteiger charge is -1.99. The largest absolute Gasteiger partial charge is 0.492 e. The second-order valence-corrected chi connectivity index (χ2v) is 4.60. The molecule has 0 unspecified atom stereocenters. The highest BCUT2D eigenvalue weighted by Crippen LogP contribution is 2.25. The Hall–Kier alpha value is -1.57. The Labute approximate surface area is 117 Å². The summed E-state index contributed by atoms with van der Waals surface area (Å²) in [4.78, 5) is 3.71. The average Bonchev–Trinajstić information content (AvgIpc) is 2.34. The highest BCUT2D eigenvalue weighted by molar-refractivity contribution is 9.10. The molecule has 0 aliphatic heterocycles. The topological polar surface area (TPSA) is 33.1 Å². The summed E-state index contributed by atoms with van der Waals surface area (Å²) in [5.41, 5.74) is 0.984. The van der Waals surface area contributed by atoms with Gasteiger partial charge in [0.2, 0.25) is 5.88 Å². The molecule has 0 aliphatic carbocycles. The first-order chi connectivity index (χ1) is 8.56. The molecular weight excluding hydrogens is 321 g/mol. The maximum atomic E-state index is 12.7. The van der Waals surface area contributed by atoms with Gasteiger partial charge in [0.1, 0.15) is 11.0 Å². The Morgan fingerprint density at radius 3 is 2.56 bits per heavy atom. The van der Waals surface area contributed by atoms with Crippen LogP contribution >= 0.6 is 27.5 Å². The van der Waals surface area contributed by atoms with E-state index in [-0.39, 0.29) is 16.9 Å². The zero-order chi connectivity index (χ0) is 13.1. The fraction of sp³-hybridized carbons (Fsp3) is 0. The van der Waals surface area contributed by atoms with E-state index in [9.17, 15) is 9.50 Å². The number of hydrogen-bond donors (Lipinski definition) is 1. The van der Waals surface area contributed by atoms with Gasteiger partial charge in [0.25, 0.3) is 0 Å². The maximum absolute atomic E-state index is 12.7. The number of rotatable bonds is 0. The van der Waals surface area contributed by atoms with Crippen molar-refractivity contribution in [3.63, 3.8) is 0 Å². The van der Waals surface area contributed by atoms with E-state index in [1.54, 1.807) is 18.2 Å². The predicted octanol–water partition coefficient (Wildman–Crippen LogP) is 3.74. The minimum atomic E-state index is -0.320. The van der Waals surface area contributed by atoms with E-state index in [1.807, 2.05) is 0 Å². The third kappa shape index (κ3) is 3.00. The lowest BCUT2D eigenvalue weighted by Crippen LogP contribution is -1.84. The van der Waals surface area contributed by atoms with Crippen LogP contribution in [-0.2, 0) is 0 Å². The van der Waals surface area contributed by atoms with E-state index in [0.29, 0.717) is 15.6 Å². The van der Waals surface area contributed by atoms with Crippen molar-refractivity contribution in [1.29, 1.82) is 0 Å². The molecule has 0 saturated carbocycles. The van der Waals surface area contributed by atoms with Crippen molar-refractivity contribution in [1.82, 2.24) is 4.98 Å². The van der Waals surface area contributed by atoms with Gasteiger partial charge in [0.15, 0.2) is 0 Å². The zero-order valence-electron chi connectivity index (χ0n) is 8.92. The zero-order valence-corrected chi connectivity index (χ0v) is 11.3. The number of aromatic nitrogens is 1. The molecule has 0 saturated heterocycles. The van der Waals surface area contributed by atoms with Crippen molar-refractivity contribution in [2.75, 3.05) is 0 Å². The molecule has 0 aliphatic rings. The van der Waals surface area contributed by atoms with E-state index in [0.717, 1.165) is 0 Å². The standard InChI is InChI=1S/C13H6BrClFNO/c14-11-7-9(13(18)17-12(11)15)4-1-8-2-5-10(16)6-3-8/h2-3,5-7H,(H,17,18). The van der Waals surface area contributed by atoms with Gasteiger partial charge < -0.3 is 5.11 Å². The Kier molecular flexibility index (Phi) is 3.85. The minimum absolute atomic E-state index is 0.167. The van der Waals surface area contributed by atoms with Crippen molar-refractivity contribution in [2.24, 2.45) is 0 Å². The molecule has 90 valence electrons. The molecule has 1 aromatic heterocycles. The second kappa shape index (κ2) is 5.38. The van der Waals surface area contributed by atoms with Gasteiger partial charge in [0, 0.05) is 5.56 Å². The Balaban J connectivity index is 2.35. The van der Waals surface area contributed by atoms with Crippen LogP contribution in [0.1, 0.15) is 11.1 Å². The molecule has 0 fully saturated rings. The van der Waals surface area contributed by atoms with Crippen LogP contribution in [0.4, 0.5) is 4.39 Å². The molecule has 0 bridgehead atoms. The molecule has 0 amide bonds. The van der Waals surface area contributed by atoms with Crippen LogP contribution in [0.15, 0.2) is 34.8 Å². The van der Waals surface area contributed by atoms with Crippen LogP contribution in [0.25, 0.3) is 0 Å². The molecule has 1 aromatic carbocycles. The highest BCUT2D eigenvalue weighted by atomic mass is 79.9. The fourth-order valence-electron chi connectivity index (χ4n) is 1.22. The second-order valence-electron chi connectivity index (χ2n) is 3.39. The minimum Gasteiger partial charge on any atom is -0.492 e.